The minimum Gasteiger partial charge on any atom is -0.366 e. The molecule has 0 radical (unpaired) electrons. The van der Waals surface area contributed by atoms with Crippen molar-refractivity contribution in [2.75, 3.05) is 19.6 Å². The van der Waals surface area contributed by atoms with Gasteiger partial charge < -0.3 is 4.90 Å². The normalized spacial score (nSPS) is 18.6. The number of benzene rings is 1. The molecule has 3 rings (SSSR count). The van der Waals surface area contributed by atoms with Gasteiger partial charge in [0.15, 0.2) is 0 Å². The third kappa shape index (κ3) is 2.96. The lowest BCUT2D eigenvalue weighted by Crippen LogP contribution is -2.37. The molecule has 0 unspecified atom stereocenters. The first-order valence-corrected chi connectivity index (χ1v) is 8.72. The summed E-state index contributed by atoms with van der Waals surface area (Å²) in [6.07, 6.45) is 4.71. The molecule has 4 nitrogen and oxygen atoms in total. The number of likely N-dealkylation sites (tertiary alicyclic amines) is 1. The molecule has 2 aliphatic heterocycles. The number of nitrogens with zero attached hydrogens (tertiary/aromatic N) is 2. The Morgan fingerprint density at radius 3 is 2.42 bits per heavy atom. The quantitative estimate of drug-likeness (QED) is 0.603. The van der Waals surface area contributed by atoms with Crippen LogP contribution < -0.4 is 0 Å². The van der Waals surface area contributed by atoms with Gasteiger partial charge in [0, 0.05) is 30.2 Å². The third-order valence-corrected chi connectivity index (χ3v) is 4.88. The molecule has 24 heavy (non-hydrogen) atoms. The molecule has 0 aliphatic carbocycles. The summed E-state index contributed by atoms with van der Waals surface area (Å²) in [6, 6.07) is 4.97. The fraction of sp³-hybridized carbons (Fsp3) is 0.333. The van der Waals surface area contributed by atoms with Gasteiger partial charge in [0.2, 0.25) is 0 Å². The van der Waals surface area contributed by atoms with Crippen molar-refractivity contribution in [3.63, 3.8) is 0 Å². The summed E-state index contributed by atoms with van der Waals surface area (Å²) in [5, 5.41) is 0.859. The van der Waals surface area contributed by atoms with Crippen LogP contribution in [0.3, 0.4) is 0 Å². The van der Waals surface area contributed by atoms with Crippen molar-refractivity contribution in [2.24, 2.45) is 0 Å². The Labute approximate surface area is 151 Å². The second kappa shape index (κ2) is 6.99. The van der Waals surface area contributed by atoms with E-state index < -0.39 is 0 Å². The summed E-state index contributed by atoms with van der Waals surface area (Å²) in [6.45, 7) is 5.36. The van der Waals surface area contributed by atoms with Gasteiger partial charge in [0.25, 0.3) is 11.8 Å². The van der Waals surface area contributed by atoms with Gasteiger partial charge >= 0.3 is 0 Å². The Morgan fingerprint density at radius 2 is 1.79 bits per heavy atom. The molecule has 1 aromatic rings. The lowest BCUT2D eigenvalue weighted by molar-refractivity contribution is -0.136. The van der Waals surface area contributed by atoms with Crippen LogP contribution in [-0.2, 0) is 9.59 Å². The molecular weight excluding hydrogens is 347 g/mol. The lowest BCUT2D eigenvalue weighted by atomic mass is 10.0. The maximum Gasteiger partial charge on any atom is 0.278 e. The van der Waals surface area contributed by atoms with Crippen LogP contribution in [0.4, 0.5) is 0 Å². The van der Waals surface area contributed by atoms with E-state index in [1.807, 2.05) is 4.90 Å². The molecule has 6 heteroatoms. The first kappa shape index (κ1) is 17.1. The molecule has 0 spiro atoms. The van der Waals surface area contributed by atoms with Gasteiger partial charge in [-0.05, 0) is 31.4 Å². The molecular formula is C18H18Cl2N2O2. The van der Waals surface area contributed by atoms with E-state index in [-0.39, 0.29) is 18.4 Å². The zero-order valence-electron chi connectivity index (χ0n) is 13.2. The first-order valence-electron chi connectivity index (χ1n) is 7.96. The molecule has 2 amide bonds. The second-order valence-electron chi connectivity index (χ2n) is 5.91. The Hall–Kier alpha value is -1.78. The number of hydrogen-bond acceptors (Lipinski definition) is 3. The van der Waals surface area contributed by atoms with Crippen molar-refractivity contribution >= 4 is 40.6 Å². The topological polar surface area (TPSA) is 40.6 Å². The van der Waals surface area contributed by atoms with Crippen molar-refractivity contribution in [1.82, 2.24) is 9.80 Å². The minimum atomic E-state index is -0.329. The summed E-state index contributed by atoms with van der Waals surface area (Å²) < 4.78 is 0. The van der Waals surface area contributed by atoms with Crippen LogP contribution in [0.2, 0.25) is 10.0 Å². The van der Waals surface area contributed by atoms with Crippen LogP contribution in [0.25, 0.3) is 5.57 Å². The average Bonchev–Trinajstić information content (AvgIpc) is 2.81. The van der Waals surface area contributed by atoms with E-state index in [1.54, 1.807) is 24.3 Å². The average molecular weight is 365 g/mol. The first-order chi connectivity index (χ1) is 11.5. The molecule has 0 bridgehead atoms. The van der Waals surface area contributed by atoms with Crippen LogP contribution in [-0.4, -0.2) is 41.2 Å². The largest absolute Gasteiger partial charge is 0.366 e. The van der Waals surface area contributed by atoms with Crippen LogP contribution in [0.1, 0.15) is 24.8 Å². The van der Waals surface area contributed by atoms with Gasteiger partial charge in [-0.25, -0.2) is 0 Å². The highest BCUT2D eigenvalue weighted by atomic mass is 35.5. The van der Waals surface area contributed by atoms with Crippen molar-refractivity contribution in [1.29, 1.82) is 0 Å². The maximum atomic E-state index is 12.9. The summed E-state index contributed by atoms with van der Waals surface area (Å²) in [7, 11) is 0. The summed E-state index contributed by atoms with van der Waals surface area (Å²) in [5.41, 5.74) is 1.36. The summed E-state index contributed by atoms with van der Waals surface area (Å²) in [4.78, 5) is 29.0. The van der Waals surface area contributed by atoms with E-state index in [0.717, 1.165) is 32.4 Å². The number of rotatable bonds is 4. The van der Waals surface area contributed by atoms with E-state index >= 15 is 0 Å². The van der Waals surface area contributed by atoms with Gasteiger partial charge in [-0.15, -0.1) is 6.58 Å². The van der Waals surface area contributed by atoms with E-state index in [1.165, 1.54) is 4.90 Å². The molecule has 1 saturated heterocycles. The van der Waals surface area contributed by atoms with E-state index in [2.05, 4.69) is 6.58 Å². The molecule has 0 N–H and O–H groups in total. The van der Waals surface area contributed by atoms with Crippen molar-refractivity contribution in [3.05, 3.63) is 52.2 Å². The van der Waals surface area contributed by atoms with Gasteiger partial charge in [-0.3, -0.25) is 14.5 Å². The Morgan fingerprint density at radius 1 is 1.08 bits per heavy atom. The van der Waals surface area contributed by atoms with E-state index in [0.29, 0.717) is 26.9 Å². The standard InChI is InChI=1S/C18H18Cl2N2O2/c1-2-8-22-17(23)15(13-7-6-12(19)11-14(13)20)16(18(22)24)21-9-4-3-5-10-21/h2,6-7,11H,1,3-5,8-10H2. The smallest absolute Gasteiger partial charge is 0.278 e. The van der Waals surface area contributed by atoms with Crippen LogP contribution in [0, 0.1) is 0 Å². The van der Waals surface area contributed by atoms with Crippen LogP contribution in [0.15, 0.2) is 36.6 Å². The van der Waals surface area contributed by atoms with Gasteiger partial charge in [-0.2, -0.15) is 0 Å². The zero-order valence-corrected chi connectivity index (χ0v) is 14.7. The fourth-order valence-corrected chi connectivity index (χ4v) is 3.71. The molecule has 1 aromatic carbocycles. The Bertz CT molecular complexity index is 737. The summed E-state index contributed by atoms with van der Waals surface area (Å²) >= 11 is 12.3. The maximum absolute atomic E-state index is 12.9. The third-order valence-electron chi connectivity index (χ3n) is 4.33. The Kier molecular flexibility index (Phi) is 4.97. The second-order valence-corrected chi connectivity index (χ2v) is 6.75. The van der Waals surface area contributed by atoms with Gasteiger partial charge in [0.1, 0.15) is 5.70 Å². The zero-order chi connectivity index (χ0) is 17.3. The van der Waals surface area contributed by atoms with Crippen molar-refractivity contribution in [2.45, 2.75) is 19.3 Å². The fourth-order valence-electron chi connectivity index (χ4n) is 3.20. The number of halogens is 2. The highest BCUT2D eigenvalue weighted by Gasteiger charge is 2.41. The predicted molar refractivity (Wildman–Crippen MR) is 95.7 cm³/mol. The number of carbonyl (C=O) groups excluding carboxylic acids is 2. The molecule has 0 atom stereocenters. The lowest BCUT2D eigenvalue weighted by Gasteiger charge is -2.29. The molecule has 0 saturated carbocycles. The monoisotopic (exact) mass is 364 g/mol. The van der Waals surface area contributed by atoms with Crippen LogP contribution in [0.5, 0.6) is 0 Å². The highest BCUT2D eigenvalue weighted by Crippen LogP contribution is 2.36. The number of imide groups is 1. The van der Waals surface area contributed by atoms with Crippen molar-refractivity contribution < 1.29 is 9.59 Å². The number of carbonyl (C=O) groups is 2. The molecule has 0 aromatic heterocycles. The van der Waals surface area contributed by atoms with E-state index in [4.69, 9.17) is 23.2 Å². The van der Waals surface area contributed by atoms with E-state index in [9.17, 15) is 9.59 Å². The number of hydrogen-bond donors (Lipinski definition) is 0. The van der Waals surface area contributed by atoms with Crippen LogP contribution >= 0.6 is 23.2 Å². The highest BCUT2D eigenvalue weighted by molar-refractivity contribution is 6.41. The number of piperidine rings is 1. The SMILES string of the molecule is C=CCN1C(=O)C(c2ccc(Cl)cc2Cl)=C(N2CCCCC2)C1=O. The molecule has 2 heterocycles. The predicted octanol–water partition coefficient (Wildman–Crippen LogP) is 3.75. The Balaban J connectivity index is 2.13. The molecule has 2 aliphatic rings. The van der Waals surface area contributed by atoms with Crippen molar-refractivity contribution in [3.8, 4) is 0 Å². The van der Waals surface area contributed by atoms with Gasteiger partial charge in [-0.1, -0.05) is 35.3 Å². The summed E-state index contributed by atoms with van der Waals surface area (Å²) in [5.74, 6) is -0.604. The van der Waals surface area contributed by atoms with Gasteiger partial charge in [0.05, 0.1) is 10.6 Å². The molecule has 126 valence electrons. The number of amides is 2. The minimum absolute atomic E-state index is 0.184. The molecule has 1 fully saturated rings.